The van der Waals surface area contributed by atoms with Crippen LogP contribution in [-0.4, -0.2) is 39.8 Å². The average molecular weight is 509 g/mol. The van der Waals surface area contributed by atoms with Gasteiger partial charge in [0.25, 0.3) is 0 Å². The van der Waals surface area contributed by atoms with Crippen LogP contribution in [-0.2, 0) is 0 Å². The van der Waals surface area contributed by atoms with Crippen molar-refractivity contribution in [3.63, 3.8) is 0 Å². The van der Waals surface area contributed by atoms with Gasteiger partial charge >= 0.3 is 0 Å². The van der Waals surface area contributed by atoms with Crippen LogP contribution in [0.4, 0.5) is 0 Å². The summed E-state index contributed by atoms with van der Waals surface area (Å²) in [6.07, 6.45) is 5.95. The second-order valence-corrected chi connectivity index (χ2v) is 7.21. The van der Waals surface area contributed by atoms with Crippen LogP contribution in [0.15, 0.2) is 97.6 Å². The molecular weight excluding hydrogens is 489 g/mol. The molecule has 0 atom stereocenters. The fourth-order valence-electron chi connectivity index (χ4n) is 1.68. The molecule has 32 heavy (non-hydrogen) atoms. The Morgan fingerprint density at radius 1 is 0.375 bits per heavy atom. The minimum atomic E-state index is 0.424. The molecule has 12 heteroatoms. The maximum atomic E-state index is 8.73. The number of pyridine rings is 4. The van der Waals surface area contributed by atoms with E-state index in [0.717, 1.165) is 18.9 Å². The summed E-state index contributed by atoms with van der Waals surface area (Å²) in [7, 11) is 0. The van der Waals surface area contributed by atoms with Crippen molar-refractivity contribution in [3.05, 3.63) is 116 Å². The number of hydrogen-bond acceptors (Lipinski definition) is 8. The Balaban J connectivity index is 0.000000213. The van der Waals surface area contributed by atoms with Gasteiger partial charge in [-0.3, -0.25) is 0 Å². The molecule has 0 bridgehead atoms. The van der Waals surface area contributed by atoms with Gasteiger partial charge in [-0.15, -0.1) is 0 Å². The molecule has 4 aromatic rings. The predicted octanol–water partition coefficient (Wildman–Crippen LogP) is 5.82. The second kappa shape index (κ2) is 14.6. The molecule has 8 nitrogen and oxygen atoms in total. The molecule has 4 aromatic heterocycles. The Labute approximate surface area is 204 Å². The molecule has 0 unspecified atom stereocenters. The van der Waals surface area contributed by atoms with Crippen molar-refractivity contribution in [2.24, 2.45) is 0 Å². The highest BCUT2D eigenvalue weighted by Gasteiger charge is 1.80. The van der Waals surface area contributed by atoms with E-state index in [1.807, 2.05) is 0 Å². The first-order chi connectivity index (χ1) is 15.2. The van der Waals surface area contributed by atoms with Crippen LogP contribution in [0.3, 0.4) is 0 Å². The Bertz CT molecular complexity index is 1130. The van der Waals surface area contributed by atoms with Gasteiger partial charge < -0.3 is 20.8 Å². The van der Waals surface area contributed by atoms with Crippen molar-refractivity contribution >= 4 is 48.9 Å². The molecule has 0 fully saturated rings. The average Bonchev–Trinajstić information content (AvgIpc) is 2.78. The van der Waals surface area contributed by atoms with E-state index in [-0.39, 0.29) is 0 Å². The van der Waals surface area contributed by atoms with Crippen LogP contribution in [0, 0.1) is 18.6 Å². The lowest BCUT2D eigenvalue weighted by Gasteiger charge is -1.90. The van der Waals surface area contributed by atoms with E-state index in [1.54, 1.807) is 72.8 Å². The fraction of sp³-hybridized carbons (Fsp3) is 0. The van der Waals surface area contributed by atoms with E-state index in [2.05, 4.69) is 48.9 Å². The smallest absolute Gasteiger partial charge is 0.142 e. The number of hydrogen-bond donors (Lipinski definition) is 4. The maximum absolute atomic E-state index is 8.73. The zero-order valence-corrected chi connectivity index (χ0v) is 19.7. The highest BCUT2D eigenvalue weighted by atomic mass is 32.1. The molecule has 4 rings (SSSR count). The number of aromatic nitrogens is 4. The van der Waals surface area contributed by atoms with Crippen LogP contribution in [0.25, 0.3) is 0 Å². The SMILES string of the molecule is On1ccccc1=S.On1ccccc1=S.On1ccccc1=S.On1ccccc1=S. The molecule has 0 spiro atoms. The Morgan fingerprint density at radius 3 is 0.656 bits per heavy atom. The fourth-order valence-corrected chi connectivity index (χ4v) is 2.23. The molecule has 0 amide bonds. The van der Waals surface area contributed by atoms with E-state index >= 15 is 0 Å². The first kappa shape index (κ1) is 26.7. The highest BCUT2D eigenvalue weighted by molar-refractivity contribution is 7.72. The molecular formula is C20H20N4O4S4. The first-order valence-corrected chi connectivity index (χ1v) is 10.3. The van der Waals surface area contributed by atoms with Gasteiger partial charge in [0.2, 0.25) is 0 Å². The van der Waals surface area contributed by atoms with Gasteiger partial charge in [-0.05, 0) is 48.5 Å². The van der Waals surface area contributed by atoms with Gasteiger partial charge in [0.1, 0.15) is 18.6 Å². The maximum Gasteiger partial charge on any atom is 0.142 e. The summed E-state index contributed by atoms with van der Waals surface area (Å²) >= 11 is 18.7. The van der Waals surface area contributed by atoms with Crippen LogP contribution in [0.1, 0.15) is 0 Å². The van der Waals surface area contributed by atoms with E-state index < -0.39 is 0 Å². The standard InChI is InChI=1S/4C5H5NOS/c4*7-6-4-2-1-3-5(6)8/h4*1-4,7H. The Kier molecular flexibility index (Phi) is 12.2. The van der Waals surface area contributed by atoms with Crippen molar-refractivity contribution in [1.82, 2.24) is 18.9 Å². The van der Waals surface area contributed by atoms with Gasteiger partial charge in [-0.1, -0.05) is 73.1 Å². The highest BCUT2D eigenvalue weighted by Crippen LogP contribution is 1.88. The molecule has 4 N–H and O–H groups in total. The molecule has 0 aliphatic rings. The Morgan fingerprint density at radius 2 is 0.562 bits per heavy atom. The molecule has 0 saturated carbocycles. The third-order valence-electron chi connectivity index (χ3n) is 3.21. The van der Waals surface area contributed by atoms with E-state index in [4.69, 9.17) is 20.8 Å². The zero-order chi connectivity index (χ0) is 23.9. The number of rotatable bonds is 0. The molecule has 0 aromatic carbocycles. The summed E-state index contributed by atoms with van der Waals surface area (Å²) in [5.74, 6) is 0. The predicted molar refractivity (Wildman–Crippen MR) is 130 cm³/mol. The van der Waals surface area contributed by atoms with Crippen molar-refractivity contribution in [1.29, 1.82) is 0 Å². The molecule has 0 aliphatic heterocycles. The summed E-state index contributed by atoms with van der Waals surface area (Å²) < 4.78 is 5.29. The summed E-state index contributed by atoms with van der Waals surface area (Å²) in [5, 5.41) is 34.9. The van der Waals surface area contributed by atoms with Crippen LogP contribution < -0.4 is 0 Å². The first-order valence-electron chi connectivity index (χ1n) is 8.70. The van der Waals surface area contributed by atoms with E-state index in [1.165, 1.54) is 24.8 Å². The minimum Gasteiger partial charge on any atom is -0.428 e. The summed E-state index contributed by atoms with van der Waals surface area (Å²) in [6, 6.07) is 20.5. The van der Waals surface area contributed by atoms with Crippen LogP contribution >= 0.6 is 48.9 Å². The van der Waals surface area contributed by atoms with Gasteiger partial charge in [0, 0.05) is 24.8 Å². The van der Waals surface area contributed by atoms with Gasteiger partial charge in [-0.25, -0.2) is 0 Å². The zero-order valence-electron chi connectivity index (χ0n) is 16.4. The Hall–Kier alpha value is -3.32. The normalized spacial score (nSPS) is 9.00. The molecule has 0 saturated heterocycles. The summed E-state index contributed by atoms with van der Waals surface area (Å²) in [6.45, 7) is 0. The topological polar surface area (TPSA) is 101 Å². The molecule has 168 valence electrons. The van der Waals surface area contributed by atoms with E-state index in [9.17, 15) is 0 Å². The van der Waals surface area contributed by atoms with E-state index in [0.29, 0.717) is 18.6 Å². The van der Waals surface area contributed by atoms with Crippen molar-refractivity contribution in [2.45, 2.75) is 0 Å². The third-order valence-corrected chi connectivity index (χ3v) is 4.50. The van der Waals surface area contributed by atoms with Gasteiger partial charge in [0.05, 0.1) is 0 Å². The third kappa shape index (κ3) is 10.6. The van der Waals surface area contributed by atoms with Crippen molar-refractivity contribution in [2.75, 3.05) is 0 Å². The quantitative estimate of drug-likeness (QED) is 0.174. The second-order valence-electron chi connectivity index (χ2n) is 5.53. The van der Waals surface area contributed by atoms with Gasteiger partial charge in [0.15, 0.2) is 0 Å². The molecule has 4 heterocycles. The number of nitrogens with zero attached hydrogens (tertiary/aromatic N) is 4. The van der Waals surface area contributed by atoms with Crippen molar-refractivity contribution in [3.8, 4) is 0 Å². The van der Waals surface area contributed by atoms with Crippen LogP contribution in [0.5, 0.6) is 0 Å². The lowest BCUT2D eigenvalue weighted by atomic mass is 10.5. The minimum absolute atomic E-state index is 0.424. The summed E-state index contributed by atoms with van der Waals surface area (Å²) in [4.78, 5) is 0. The monoisotopic (exact) mass is 508 g/mol. The lowest BCUT2D eigenvalue weighted by Crippen LogP contribution is -1.89. The van der Waals surface area contributed by atoms with Crippen LogP contribution in [0.2, 0.25) is 0 Å². The van der Waals surface area contributed by atoms with Crippen molar-refractivity contribution < 1.29 is 20.8 Å². The lowest BCUT2D eigenvalue weighted by molar-refractivity contribution is 0.180. The molecule has 0 radical (unpaired) electrons. The largest absolute Gasteiger partial charge is 0.428 e. The summed E-state index contributed by atoms with van der Waals surface area (Å²) in [5.41, 5.74) is 0. The molecule has 0 aliphatic carbocycles. The van der Waals surface area contributed by atoms with Gasteiger partial charge in [-0.2, -0.15) is 18.9 Å².